The Morgan fingerprint density at radius 3 is 2.47 bits per heavy atom. The van der Waals surface area contributed by atoms with Crippen LogP contribution in [-0.4, -0.2) is 22.9 Å². The number of hydrogen-bond acceptors (Lipinski definition) is 3. The molecule has 0 aliphatic carbocycles. The molecule has 2 rings (SSSR count). The molecule has 1 aromatic heterocycles. The van der Waals surface area contributed by atoms with Gasteiger partial charge >= 0.3 is 5.97 Å². The summed E-state index contributed by atoms with van der Waals surface area (Å²) in [5, 5.41) is 4.32. The van der Waals surface area contributed by atoms with Crippen LogP contribution in [0.15, 0.2) is 42.6 Å². The topological polar surface area (TPSA) is 44.1 Å². The highest BCUT2D eigenvalue weighted by Gasteiger charge is 2.28. The molecule has 4 heteroatoms. The Hall–Kier alpha value is -2.10. The fourth-order valence-electron chi connectivity index (χ4n) is 2.20. The minimum atomic E-state index is -0.312. The highest BCUT2D eigenvalue weighted by molar-refractivity contribution is 5.78. The first-order valence-electron chi connectivity index (χ1n) is 6.32. The summed E-state index contributed by atoms with van der Waals surface area (Å²) in [5.41, 5.74) is 1.80. The van der Waals surface area contributed by atoms with Gasteiger partial charge in [0.25, 0.3) is 0 Å². The monoisotopic (exact) mass is 258 g/mol. The summed E-state index contributed by atoms with van der Waals surface area (Å²) in [4.78, 5) is 12.0. The summed E-state index contributed by atoms with van der Waals surface area (Å²) in [7, 11) is 1.42. The van der Waals surface area contributed by atoms with Gasteiger partial charge in [0, 0.05) is 6.20 Å². The summed E-state index contributed by atoms with van der Waals surface area (Å²) < 4.78 is 6.70. The van der Waals surface area contributed by atoms with E-state index in [1.165, 1.54) is 7.11 Å². The first-order valence-corrected chi connectivity index (χ1v) is 6.32. The first-order chi connectivity index (χ1) is 9.15. The molecule has 0 N–H and O–H groups in total. The minimum Gasteiger partial charge on any atom is -0.468 e. The normalized spacial score (nSPS) is 12.4. The lowest BCUT2D eigenvalue weighted by Gasteiger charge is -2.19. The number of carbonyl (C=O) groups is 1. The van der Waals surface area contributed by atoms with Crippen LogP contribution in [0.3, 0.4) is 0 Å². The van der Waals surface area contributed by atoms with Gasteiger partial charge in [-0.15, -0.1) is 0 Å². The van der Waals surface area contributed by atoms with E-state index in [0.29, 0.717) is 0 Å². The molecule has 0 saturated carbocycles. The molecule has 0 saturated heterocycles. The number of hydrogen-bond donors (Lipinski definition) is 0. The van der Waals surface area contributed by atoms with Crippen LogP contribution >= 0.6 is 0 Å². The number of rotatable bonds is 4. The molecule has 1 heterocycles. The van der Waals surface area contributed by atoms with Crippen LogP contribution in [0.4, 0.5) is 0 Å². The number of para-hydroxylation sites is 1. The third kappa shape index (κ3) is 2.67. The largest absolute Gasteiger partial charge is 0.468 e. The van der Waals surface area contributed by atoms with E-state index < -0.39 is 0 Å². The Labute approximate surface area is 113 Å². The molecule has 0 radical (unpaired) electrons. The summed E-state index contributed by atoms with van der Waals surface area (Å²) in [6, 6.07) is 11.6. The lowest BCUT2D eigenvalue weighted by atomic mass is 9.92. The molecule has 1 atom stereocenters. The van der Waals surface area contributed by atoms with Crippen molar-refractivity contribution in [3.63, 3.8) is 0 Å². The third-order valence-electron chi connectivity index (χ3n) is 3.11. The second-order valence-electron chi connectivity index (χ2n) is 4.75. The van der Waals surface area contributed by atoms with Crippen LogP contribution < -0.4 is 0 Å². The second-order valence-corrected chi connectivity index (χ2v) is 4.75. The van der Waals surface area contributed by atoms with E-state index in [1.807, 2.05) is 50.2 Å². The average molecular weight is 258 g/mol. The summed E-state index contributed by atoms with van der Waals surface area (Å²) >= 11 is 0. The lowest BCUT2D eigenvalue weighted by Crippen LogP contribution is -2.22. The molecule has 0 fully saturated rings. The molecule has 0 aliphatic heterocycles. The maximum absolute atomic E-state index is 12.0. The number of aromatic nitrogens is 2. The molecule has 0 amide bonds. The van der Waals surface area contributed by atoms with E-state index in [0.717, 1.165) is 11.4 Å². The number of benzene rings is 1. The molecular formula is C15H18N2O2. The number of carbonyl (C=O) groups excluding carboxylic acids is 1. The van der Waals surface area contributed by atoms with Gasteiger partial charge in [-0.3, -0.25) is 4.79 Å². The maximum Gasteiger partial charge on any atom is 0.315 e. The van der Waals surface area contributed by atoms with Crippen LogP contribution in [0, 0.1) is 5.92 Å². The van der Waals surface area contributed by atoms with E-state index in [9.17, 15) is 4.79 Å². The molecule has 0 bridgehead atoms. The zero-order chi connectivity index (χ0) is 13.8. The Morgan fingerprint density at radius 1 is 1.21 bits per heavy atom. The summed E-state index contributed by atoms with van der Waals surface area (Å²) in [6.45, 7) is 4.01. The second kappa shape index (κ2) is 5.69. The van der Waals surface area contributed by atoms with Crippen molar-refractivity contribution >= 4 is 5.97 Å². The highest BCUT2D eigenvalue weighted by Crippen LogP contribution is 2.27. The predicted molar refractivity (Wildman–Crippen MR) is 73.2 cm³/mol. The van der Waals surface area contributed by atoms with Crippen LogP contribution in [0.1, 0.15) is 25.5 Å². The van der Waals surface area contributed by atoms with E-state index in [-0.39, 0.29) is 17.8 Å². The number of ether oxygens (including phenoxy) is 1. The fraction of sp³-hybridized carbons (Fsp3) is 0.333. The highest BCUT2D eigenvalue weighted by atomic mass is 16.5. The first kappa shape index (κ1) is 13.3. The molecule has 2 aromatic rings. The summed E-state index contributed by atoms with van der Waals surface area (Å²) in [5.74, 6) is -0.396. The molecule has 19 heavy (non-hydrogen) atoms. The van der Waals surface area contributed by atoms with Crippen LogP contribution in [0.2, 0.25) is 0 Å². The quantitative estimate of drug-likeness (QED) is 0.792. The standard InChI is InChI=1S/C15H18N2O2/c1-11(2)14(15(18)19-3)13-9-10-16-17(13)12-7-5-4-6-8-12/h4-11,14H,1-3H3. The molecular weight excluding hydrogens is 240 g/mol. The molecule has 100 valence electrons. The van der Waals surface area contributed by atoms with E-state index >= 15 is 0 Å². The minimum absolute atomic E-state index is 0.145. The molecule has 4 nitrogen and oxygen atoms in total. The SMILES string of the molecule is COC(=O)C(c1ccnn1-c1ccccc1)C(C)C. The van der Waals surface area contributed by atoms with Gasteiger partial charge in [0.15, 0.2) is 0 Å². The van der Waals surface area contributed by atoms with Crippen molar-refractivity contribution in [2.45, 2.75) is 19.8 Å². The van der Waals surface area contributed by atoms with E-state index in [2.05, 4.69) is 5.10 Å². The number of esters is 1. The Bertz CT molecular complexity index is 546. The van der Waals surface area contributed by atoms with Crippen molar-refractivity contribution in [3.8, 4) is 5.69 Å². The predicted octanol–water partition coefficient (Wildman–Crippen LogP) is 2.78. The van der Waals surface area contributed by atoms with Crippen molar-refractivity contribution < 1.29 is 9.53 Å². The summed E-state index contributed by atoms with van der Waals surface area (Å²) in [6.07, 6.45) is 1.71. The van der Waals surface area contributed by atoms with Crippen molar-refractivity contribution in [2.75, 3.05) is 7.11 Å². The van der Waals surface area contributed by atoms with Crippen LogP contribution in [0.5, 0.6) is 0 Å². The van der Waals surface area contributed by atoms with E-state index in [4.69, 9.17) is 4.74 Å². The number of nitrogens with zero attached hydrogens (tertiary/aromatic N) is 2. The average Bonchev–Trinajstić information content (AvgIpc) is 2.88. The lowest BCUT2D eigenvalue weighted by molar-refractivity contribution is -0.143. The van der Waals surface area contributed by atoms with Crippen molar-refractivity contribution in [1.29, 1.82) is 0 Å². The van der Waals surface area contributed by atoms with Gasteiger partial charge in [0.2, 0.25) is 0 Å². The van der Waals surface area contributed by atoms with Gasteiger partial charge in [0.1, 0.15) is 5.92 Å². The van der Waals surface area contributed by atoms with Gasteiger partial charge in [-0.1, -0.05) is 32.0 Å². The zero-order valence-electron chi connectivity index (χ0n) is 11.4. The smallest absolute Gasteiger partial charge is 0.315 e. The van der Waals surface area contributed by atoms with Crippen LogP contribution in [0.25, 0.3) is 5.69 Å². The zero-order valence-corrected chi connectivity index (χ0v) is 11.4. The van der Waals surface area contributed by atoms with Gasteiger partial charge in [-0.25, -0.2) is 4.68 Å². The van der Waals surface area contributed by atoms with Crippen molar-refractivity contribution in [3.05, 3.63) is 48.3 Å². The third-order valence-corrected chi connectivity index (χ3v) is 3.11. The number of methoxy groups -OCH3 is 1. The van der Waals surface area contributed by atoms with Gasteiger partial charge in [-0.05, 0) is 24.1 Å². The Balaban J connectivity index is 2.46. The maximum atomic E-state index is 12.0. The van der Waals surface area contributed by atoms with Gasteiger partial charge in [0.05, 0.1) is 18.5 Å². The molecule has 0 spiro atoms. The van der Waals surface area contributed by atoms with Gasteiger partial charge in [-0.2, -0.15) is 5.10 Å². The van der Waals surface area contributed by atoms with Crippen molar-refractivity contribution in [2.24, 2.45) is 5.92 Å². The fourth-order valence-corrected chi connectivity index (χ4v) is 2.20. The molecule has 1 unspecified atom stereocenters. The Morgan fingerprint density at radius 2 is 1.89 bits per heavy atom. The van der Waals surface area contributed by atoms with E-state index in [1.54, 1.807) is 10.9 Å². The van der Waals surface area contributed by atoms with Crippen LogP contribution in [-0.2, 0) is 9.53 Å². The Kier molecular flexibility index (Phi) is 4.00. The molecule has 0 aliphatic rings. The molecule has 1 aromatic carbocycles. The van der Waals surface area contributed by atoms with Gasteiger partial charge < -0.3 is 4.74 Å². The van der Waals surface area contributed by atoms with Crippen molar-refractivity contribution in [1.82, 2.24) is 9.78 Å².